The van der Waals surface area contributed by atoms with Gasteiger partial charge in [-0.2, -0.15) is 0 Å². The summed E-state index contributed by atoms with van der Waals surface area (Å²) >= 11 is 0. The quantitative estimate of drug-likeness (QED) is 0.787. The van der Waals surface area contributed by atoms with E-state index in [1.165, 1.54) is 0 Å². The van der Waals surface area contributed by atoms with Gasteiger partial charge in [0.05, 0.1) is 11.9 Å². The van der Waals surface area contributed by atoms with Gasteiger partial charge in [-0.05, 0) is 43.0 Å². The molecule has 2 aliphatic heterocycles. The van der Waals surface area contributed by atoms with Crippen LogP contribution in [-0.4, -0.2) is 35.5 Å². The molecule has 0 bridgehead atoms. The number of amides is 1. The summed E-state index contributed by atoms with van der Waals surface area (Å²) in [5.74, 6) is 0.339. The van der Waals surface area contributed by atoms with Gasteiger partial charge in [0.1, 0.15) is 11.6 Å². The van der Waals surface area contributed by atoms with Crippen molar-refractivity contribution in [1.82, 2.24) is 15.3 Å². The van der Waals surface area contributed by atoms with Gasteiger partial charge in [-0.3, -0.25) is 9.78 Å². The maximum atomic E-state index is 14.7. The predicted molar refractivity (Wildman–Crippen MR) is 112 cm³/mol. The minimum Gasteiger partial charge on any atom is -0.355 e. The van der Waals surface area contributed by atoms with Crippen LogP contribution in [0.5, 0.6) is 0 Å². The fourth-order valence-corrected chi connectivity index (χ4v) is 3.69. The lowest BCUT2D eigenvalue weighted by molar-refractivity contribution is -0.120. The van der Waals surface area contributed by atoms with E-state index >= 15 is 0 Å². The first-order valence-electron chi connectivity index (χ1n) is 9.05. The Balaban J connectivity index is 0.00000140. The predicted octanol–water partition coefficient (Wildman–Crippen LogP) is 2.96. The Morgan fingerprint density at radius 3 is 2.71 bits per heavy atom. The number of aromatic nitrogens is 2. The first-order chi connectivity index (χ1) is 12.7. The van der Waals surface area contributed by atoms with E-state index in [9.17, 15) is 9.18 Å². The highest BCUT2D eigenvalue weighted by Crippen LogP contribution is 2.27. The SMILES string of the molecule is Cl.Cl.O=C(Nc1ccc2c(c1F)CCNC2)C1CCN(c2cnccn2)CC1. The van der Waals surface area contributed by atoms with Crippen LogP contribution in [0.2, 0.25) is 0 Å². The van der Waals surface area contributed by atoms with Gasteiger partial charge in [0.2, 0.25) is 5.91 Å². The zero-order valence-electron chi connectivity index (χ0n) is 15.4. The summed E-state index contributed by atoms with van der Waals surface area (Å²) in [5.41, 5.74) is 2.00. The molecule has 0 radical (unpaired) electrons. The number of carbonyl (C=O) groups excluding carboxylic acids is 1. The molecule has 1 aromatic carbocycles. The Morgan fingerprint density at radius 2 is 2.00 bits per heavy atom. The lowest BCUT2D eigenvalue weighted by Gasteiger charge is -2.32. The molecule has 2 aromatic rings. The number of anilines is 2. The number of nitrogens with one attached hydrogen (secondary N) is 2. The standard InChI is InChI=1S/C19H22FN5O.2ClH/c20-18-15-3-6-21-11-14(15)1-2-16(18)24-19(26)13-4-9-25(10-5-13)17-12-22-7-8-23-17;;/h1-2,7-8,12-13,21H,3-6,9-11H2,(H,24,26);2*1H. The Labute approximate surface area is 176 Å². The van der Waals surface area contributed by atoms with Crippen LogP contribution in [0.15, 0.2) is 30.7 Å². The van der Waals surface area contributed by atoms with Crippen LogP contribution in [0.1, 0.15) is 24.0 Å². The van der Waals surface area contributed by atoms with Crippen molar-refractivity contribution in [2.75, 3.05) is 29.9 Å². The first-order valence-corrected chi connectivity index (χ1v) is 9.05. The summed E-state index contributed by atoms with van der Waals surface area (Å²) in [6.07, 6.45) is 7.15. The summed E-state index contributed by atoms with van der Waals surface area (Å²) in [6, 6.07) is 3.57. The average molecular weight is 428 g/mol. The van der Waals surface area contributed by atoms with E-state index in [0.29, 0.717) is 18.7 Å². The fourth-order valence-electron chi connectivity index (χ4n) is 3.69. The summed E-state index contributed by atoms with van der Waals surface area (Å²) in [7, 11) is 0. The molecule has 1 saturated heterocycles. The molecule has 0 aliphatic carbocycles. The molecule has 1 fully saturated rings. The molecule has 0 atom stereocenters. The van der Waals surface area contributed by atoms with E-state index in [1.807, 2.05) is 6.07 Å². The number of fused-ring (bicyclic) bond motifs is 1. The number of carbonyl (C=O) groups is 1. The third kappa shape index (κ3) is 4.71. The Bertz CT molecular complexity index is 800. The van der Waals surface area contributed by atoms with Crippen LogP contribution in [0.3, 0.4) is 0 Å². The molecular weight excluding hydrogens is 404 g/mol. The molecule has 3 heterocycles. The molecule has 0 spiro atoms. The normalized spacial score (nSPS) is 16.4. The maximum Gasteiger partial charge on any atom is 0.227 e. The second-order valence-corrected chi connectivity index (χ2v) is 6.81. The van der Waals surface area contributed by atoms with Gasteiger partial charge in [-0.1, -0.05) is 6.07 Å². The maximum absolute atomic E-state index is 14.7. The highest BCUT2D eigenvalue weighted by Gasteiger charge is 2.27. The monoisotopic (exact) mass is 427 g/mol. The van der Waals surface area contributed by atoms with E-state index in [-0.39, 0.29) is 42.5 Å². The number of hydrogen-bond acceptors (Lipinski definition) is 5. The molecule has 2 N–H and O–H groups in total. The molecule has 152 valence electrons. The molecule has 0 saturated carbocycles. The highest BCUT2D eigenvalue weighted by atomic mass is 35.5. The highest BCUT2D eigenvalue weighted by molar-refractivity contribution is 5.93. The van der Waals surface area contributed by atoms with Gasteiger partial charge in [-0.15, -0.1) is 24.8 Å². The van der Waals surface area contributed by atoms with Gasteiger partial charge < -0.3 is 15.5 Å². The van der Waals surface area contributed by atoms with Crippen LogP contribution < -0.4 is 15.5 Å². The third-order valence-electron chi connectivity index (χ3n) is 5.20. The summed E-state index contributed by atoms with van der Waals surface area (Å²) in [5, 5.41) is 6.03. The molecule has 4 rings (SSSR count). The molecule has 2 aliphatic rings. The minimum atomic E-state index is -0.283. The van der Waals surface area contributed by atoms with Crippen molar-refractivity contribution in [3.8, 4) is 0 Å². The van der Waals surface area contributed by atoms with Gasteiger partial charge in [0.25, 0.3) is 0 Å². The fraction of sp³-hybridized carbons (Fsp3) is 0.421. The smallest absolute Gasteiger partial charge is 0.227 e. The minimum absolute atomic E-state index is 0. The molecular formula is C19H24Cl2FN5O. The number of nitrogens with zero attached hydrogens (tertiary/aromatic N) is 3. The van der Waals surface area contributed by atoms with Gasteiger partial charge in [0.15, 0.2) is 0 Å². The van der Waals surface area contributed by atoms with E-state index in [1.54, 1.807) is 24.7 Å². The molecule has 6 nitrogen and oxygen atoms in total. The van der Waals surface area contributed by atoms with Gasteiger partial charge in [-0.25, -0.2) is 9.37 Å². The summed E-state index contributed by atoms with van der Waals surface area (Å²) in [6.45, 7) is 2.94. The Hall–Kier alpha value is -1.96. The van der Waals surface area contributed by atoms with Crippen LogP contribution in [0.25, 0.3) is 0 Å². The zero-order valence-corrected chi connectivity index (χ0v) is 17.0. The largest absolute Gasteiger partial charge is 0.355 e. The Kier molecular flexibility index (Phi) is 7.98. The van der Waals surface area contributed by atoms with Crippen molar-refractivity contribution in [2.24, 2.45) is 5.92 Å². The van der Waals surface area contributed by atoms with E-state index in [0.717, 1.165) is 49.4 Å². The number of rotatable bonds is 3. The molecule has 28 heavy (non-hydrogen) atoms. The third-order valence-corrected chi connectivity index (χ3v) is 5.20. The Morgan fingerprint density at radius 1 is 1.21 bits per heavy atom. The summed E-state index contributed by atoms with van der Waals surface area (Å²) in [4.78, 5) is 23.1. The first kappa shape index (κ1) is 22.3. The molecule has 9 heteroatoms. The molecule has 1 aromatic heterocycles. The number of piperidine rings is 1. The second-order valence-electron chi connectivity index (χ2n) is 6.81. The van der Waals surface area contributed by atoms with E-state index < -0.39 is 0 Å². The number of halogens is 3. The lowest BCUT2D eigenvalue weighted by Crippen LogP contribution is -2.38. The van der Waals surface area contributed by atoms with Crippen molar-refractivity contribution >= 4 is 42.2 Å². The second kappa shape index (κ2) is 10.0. The van der Waals surface area contributed by atoms with Crippen molar-refractivity contribution < 1.29 is 9.18 Å². The number of benzene rings is 1. The topological polar surface area (TPSA) is 70.2 Å². The van der Waals surface area contributed by atoms with Crippen LogP contribution in [-0.2, 0) is 17.8 Å². The summed E-state index contributed by atoms with van der Waals surface area (Å²) < 4.78 is 14.7. The van der Waals surface area contributed by atoms with E-state index in [4.69, 9.17) is 0 Å². The van der Waals surface area contributed by atoms with Crippen molar-refractivity contribution in [3.05, 3.63) is 47.7 Å². The van der Waals surface area contributed by atoms with Gasteiger partial charge >= 0.3 is 0 Å². The van der Waals surface area contributed by atoms with Gasteiger partial charge in [0, 0.05) is 37.9 Å². The van der Waals surface area contributed by atoms with Crippen molar-refractivity contribution in [3.63, 3.8) is 0 Å². The van der Waals surface area contributed by atoms with Crippen molar-refractivity contribution in [1.29, 1.82) is 0 Å². The van der Waals surface area contributed by atoms with E-state index in [2.05, 4.69) is 25.5 Å². The number of hydrogen-bond donors (Lipinski definition) is 2. The molecule has 0 unspecified atom stereocenters. The van der Waals surface area contributed by atoms with Crippen LogP contribution in [0, 0.1) is 11.7 Å². The zero-order chi connectivity index (χ0) is 17.9. The van der Waals surface area contributed by atoms with Crippen molar-refractivity contribution in [2.45, 2.75) is 25.8 Å². The lowest BCUT2D eigenvalue weighted by atomic mass is 9.95. The average Bonchev–Trinajstić information content (AvgIpc) is 2.71. The molecule has 1 amide bonds. The van der Waals surface area contributed by atoms with Crippen LogP contribution in [0.4, 0.5) is 15.9 Å². The van der Waals surface area contributed by atoms with Crippen LogP contribution >= 0.6 is 24.8 Å².